The maximum atomic E-state index is 9.64. The number of hydrogen-bond acceptors (Lipinski definition) is 4. The van der Waals surface area contributed by atoms with Crippen molar-refractivity contribution in [3.8, 4) is 11.8 Å². The van der Waals surface area contributed by atoms with E-state index in [2.05, 4.69) is 22.9 Å². The summed E-state index contributed by atoms with van der Waals surface area (Å²) in [5.74, 6) is 0.854. The molecule has 4 nitrogen and oxygen atoms in total. The Morgan fingerprint density at radius 3 is 2.30 bits per heavy atom. The fourth-order valence-corrected chi connectivity index (χ4v) is 2.66. The maximum Gasteiger partial charge on any atom is 0.118 e. The summed E-state index contributed by atoms with van der Waals surface area (Å²) < 4.78 is 5.17. The summed E-state index contributed by atoms with van der Waals surface area (Å²) >= 11 is 0. The molecule has 4 heteroatoms. The Bertz CT molecular complexity index is 471. The molecule has 2 rings (SSSR count). The smallest absolute Gasteiger partial charge is 0.118 e. The summed E-state index contributed by atoms with van der Waals surface area (Å²) in [7, 11) is 3.79. The minimum absolute atomic E-state index is 0.435. The summed E-state index contributed by atoms with van der Waals surface area (Å²) in [5.41, 5.74) is 0.740. The molecule has 1 saturated heterocycles. The van der Waals surface area contributed by atoms with Gasteiger partial charge in [-0.25, -0.2) is 0 Å². The van der Waals surface area contributed by atoms with Gasteiger partial charge in [-0.15, -0.1) is 0 Å². The van der Waals surface area contributed by atoms with Crippen molar-refractivity contribution in [3.63, 3.8) is 0 Å². The van der Waals surface area contributed by atoms with E-state index in [1.54, 1.807) is 7.11 Å². The molecular formula is C16H23N3O. The van der Waals surface area contributed by atoms with Crippen molar-refractivity contribution in [2.75, 3.05) is 40.3 Å². The predicted molar refractivity (Wildman–Crippen MR) is 79.8 cm³/mol. The maximum absolute atomic E-state index is 9.64. The Morgan fingerprint density at radius 1 is 1.20 bits per heavy atom. The molecule has 1 aromatic rings. The summed E-state index contributed by atoms with van der Waals surface area (Å²) in [6.07, 6.45) is 0.747. The molecule has 20 heavy (non-hydrogen) atoms. The van der Waals surface area contributed by atoms with E-state index in [1.807, 2.05) is 31.2 Å². The Morgan fingerprint density at radius 2 is 1.80 bits per heavy atom. The van der Waals surface area contributed by atoms with E-state index < -0.39 is 5.54 Å². The number of nitriles is 1. The van der Waals surface area contributed by atoms with Crippen LogP contribution >= 0.6 is 0 Å². The molecule has 1 heterocycles. The molecule has 0 bridgehead atoms. The van der Waals surface area contributed by atoms with Crippen molar-refractivity contribution in [1.29, 1.82) is 5.26 Å². The van der Waals surface area contributed by atoms with Crippen LogP contribution in [0.25, 0.3) is 0 Å². The van der Waals surface area contributed by atoms with Crippen LogP contribution in [0, 0.1) is 11.3 Å². The minimum atomic E-state index is -0.435. The van der Waals surface area contributed by atoms with Gasteiger partial charge >= 0.3 is 0 Å². The van der Waals surface area contributed by atoms with Gasteiger partial charge in [0.1, 0.15) is 11.3 Å². The van der Waals surface area contributed by atoms with E-state index in [1.165, 1.54) is 5.56 Å². The van der Waals surface area contributed by atoms with Crippen molar-refractivity contribution in [3.05, 3.63) is 29.8 Å². The van der Waals surface area contributed by atoms with Crippen LogP contribution in [0.15, 0.2) is 24.3 Å². The van der Waals surface area contributed by atoms with Gasteiger partial charge in [-0.1, -0.05) is 12.1 Å². The normalized spacial score (nSPS) is 20.1. The van der Waals surface area contributed by atoms with Crippen LogP contribution in [-0.2, 0) is 6.42 Å². The first-order chi connectivity index (χ1) is 9.57. The highest BCUT2D eigenvalue weighted by molar-refractivity contribution is 5.29. The third-order valence-electron chi connectivity index (χ3n) is 4.15. The van der Waals surface area contributed by atoms with Crippen LogP contribution in [0.5, 0.6) is 5.75 Å². The molecule has 0 amide bonds. The summed E-state index contributed by atoms with van der Waals surface area (Å²) in [6.45, 7) is 6.01. The Kier molecular flexibility index (Phi) is 4.64. The van der Waals surface area contributed by atoms with Gasteiger partial charge in [-0.2, -0.15) is 5.26 Å². The first-order valence-electron chi connectivity index (χ1n) is 7.05. The van der Waals surface area contributed by atoms with E-state index in [-0.39, 0.29) is 0 Å². The number of likely N-dealkylation sites (N-methyl/N-ethyl adjacent to an activating group) is 1. The fourth-order valence-electron chi connectivity index (χ4n) is 2.66. The molecule has 0 spiro atoms. The molecule has 0 N–H and O–H groups in total. The first kappa shape index (κ1) is 14.8. The highest BCUT2D eigenvalue weighted by atomic mass is 16.5. The third-order valence-corrected chi connectivity index (χ3v) is 4.15. The topological polar surface area (TPSA) is 39.5 Å². The van der Waals surface area contributed by atoms with Crippen LogP contribution in [0.4, 0.5) is 0 Å². The van der Waals surface area contributed by atoms with Crippen molar-refractivity contribution in [2.24, 2.45) is 0 Å². The summed E-state index contributed by atoms with van der Waals surface area (Å²) in [6, 6.07) is 10.5. The average molecular weight is 273 g/mol. The monoisotopic (exact) mass is 273 g/mol. The van der Waals surface area contributed by atoms with E-state index in [0.717, 1.165) is 38.3 Å². The van der Waals surface area contributed by atoms with Crippen molar-refractivity contribution < 1.29 is 4.74 Å². The van der Waals surface area contributed by atoms with Crippen molar-refractivity contribution in [1.82, 2.24) is 9.80 Å². The molecular weight excluding hydrogens is 250 g/mol. The zero-order chi connectivity index (χ0) is 14.6. The quantitative estimate of drug-likeness (QED) is 0.838. The van der Waals surface area contributed by atoms with Crippen LogP contribution in [0.2, 0.25) is 0 Å². The molecule has 0 aromatic heterocycles. The molecule has 0 saturated carbocycles. The molecule has 1 aliphatic rings. The Hall–Kier alpha value is -1.57. The molecule has 1 aromatic carbocycles. The second-order valence-corrected chi connectivity index (χ2v) is 5.70. The summed E-state index contributed by atoms with van der Waals surface area (Å²) in [5, 5.41) is 9.64. The zero-order valence-corrected chi connectivity index (χ0v) is 12.6. The SMILES string of the molecule is COc1ccc(CC(C)(C#N)N2CCN(C)CC2)cc1. The number of benzene rings is 1. The van der Waals surface area contributed by atoms with E-state index in [4.69, 9.17) is 4.74 Å². The lowest BCUT2D eigenvalue weighted by atomic mass is 9.91. The van der Waals surface area contributed by atoms with Crippen LogP contribution < -0.4 is 4.74 Å². The third kappa shape index (κ3) is 3.30. The minimum Gasteiger partial charge on any atom is -0.497 e. The van der Waals surface area contributed by atoms with Gasteiger partial charge < -0.3 is 9.64 Å². The van der Waals surface area contributed by atoms with Crippen molar-refractivity contribution in [2.45, 2.75) is 18.9 Å². The molecule has 1 fully saturated rings. The second kappa shape index (κ2) is 6.25. The lowest BCUT2D eigenvalue weighted by Gasteiger charge is -2.41. The molecule has 1 unspecified atom stereocenters. The molecule has 0 aliphatic carbocycles. The molecule has 1 aliphatic heterocycles. The van der Waals surface area contributed by atoms with E-state index in [0.29, 0.717) is 0 Å². The van der Waals surface area contributed by atoms with E-state index >= 15 is 0 Å². The number of methoxy groups -OCH3 is 1. The Balaban J connectivity index is 2.08. The molecule has 108 valence electrons. The van der Waals surface area contributed by atoms with Gasteiger partial charge in [0, 0.05) is 32.6 Å². The number of piperazine rings is 1. The average Bonchev–Trinajstić information content (AvgIpc) is 2.48. The lowest BCUT2D eigenvalue weighted by molar-refractivity contribution is 0.0835. The number of hydrogen-bond donors (Lipinski definition) is 0. The molecule has 1 atom stereocenters. The predicted octanol–water partition coefficient (Wildman–Crippen LogP) is 1.77. The standard InChI is InChI=1S/C16H23N3O/c1-16(13-17,19-10-8-18(2)9-11-19)12-14-4-6-15(20-3)7-5-14/h4-7H,8-12H2,1-3H3. The van der Waals surface area contributed by atoms with Gasteiger partial charge in [0.2, 0.25) is 0 Å². The van der Waals surface area contributed by atoms with Crippen molar-refractivity contribution >= 4 is 0 Å². The lowest BCUT2D eigenvalue weighted by Crippen LogP contribution is -2.55. The largest absolute Gasteiger partial charge is 0.497 e. The fraction of sp³-hybridized carbons (Fsp3) is 0.562. The van der Waals surface area contributed by atoms with Gasteiger partial charge in [0.05, 0.1) is 13.2 Å². The van der Waals surface area contributed by atoms with Crippen LogP contribution in [0.3, 0.4) is 0 Å². The first-order valence-corrected chi connectivity index (χ1v) is 7.05. The number of nitrogens with zero attached hydrogens (tertiary/aromatic N) is 3. The van der Waals surface area contributed by atoms with Crippen LogP contribution in [-0.4, -0.2) is 55.7 Å². The molecule has 0 radical (unpaired) electrons. The van der Waals surface area contributed by atoms with Gasteiger partial charge in [0.25, 0.3) is 0 Å². The van der Waals surface area contributed by atoms with Gasteiger partial charge in [-0.3, -0.25) is 4.90 Å². The number of ether oxygens (including phenoxy) is 1. The highest BCUT2D eigenvalue weighted by Crippen LogP contribution is 2.23. The van der Waals surface area contributed by atoms with Gasteiger partial charge in [0.15, 0.2) is 0 Å². The zero-order valence-electron chi connectivity index (χ0n) is 12.6. The van der Waals surface area contributed by atoms with Crippen LogP contribution in [0.1, 0.15) is 12.5 Å². The number of rotatable bonds is 4. The van der Waals surface area contributed by atoms with Gasteiger partial charge in [-0.05, 0) is 31.7 Å². The summed E-state index contributed by atoms with van der Waals surface area (Å²) in [4.78, 5) is 4.61. The Labute approximate surface area is 121 Å². The van der Waals surface area contributed by atoms with E-state index in [9.17, 15) is 5.26 Å². The highest BCUT2D eigenvalue weighted by Gasteiger charge is 2.33. The second-order valence-electron chi connectivity index (χ2n) is 5.70.